The molecule has 19 heteroatoms. The van der Waals surface area contributed by atoms with Gasteiger partial charge in [-0.2, -0.15) is 0 Å². The van der Waals surface area contributed by atoms with Crippen LogP contribution >= 0.6 is 15.6 Å². The number of unbranched alkanes of at least 4 members (excludes halogenated alkanes) is 28. The number of aliphatic hydroxyl groups excluding tert-OH is 1. The van der Waals surface area contributed by atoms with Gasteiger partial charge in [0.15, 0.2) is 12.2 Å². The van der Waals surface area contributed by atoms with Crippen LogP contribution in [0.4, 0.5) is 0 Å². The summed E-state index contributed by atoms with van der Waals surface area (Å²) in [6.45, 7) is 4.58. The van der Waals surface area contributed by atoms with Gasteiger partial charge in [-0.15, -0.1) is 0 Å². The van der Waals surface area contributed by atoms with E-state index in [0.29, 0.717) is 25.7 Å². The fourth-order valence-electron chi connectivity index (χ4n) is 9.91. The number of phosphoric acid groups is 2. The summed E-state index contributed by atoms with van der Waals surface area (Å²) in [6, 6.07) is 0. The lowest BCUT2D eigenvalue weighted by Gasteiger charge is -2.21. The molecule has 0 fully saturated rings. The van der Waals surface area contributed by atoms with E-state index in [-0.39, 0.29) is 25.7 Å². The highest BCUT2D eigenvalue weighted by Crippen LogP contribution is 2.45. The Morgan fingerprint density at radius 1 is 0.302 bits per heavy atom. The monoisotopic (exact) mass is 1390 g/mol. The summed E-state index contributed by atoms with van der Waals surface area (Å²) >= 11 is 0. The van der Waals surface area contributed by atoms with Crippen LogP contribution in [0.15, 0.2) is 97.2 Å². The van der Waals surface area contributed by atoms with Crippen LogP contribution in [-0.2, 0) is 65.4 Å². The maximum atomic E-state index is 13.1. The molecule has 0 saturated carbocycles. The second kappa shape index (κ2) is 69.5. The second-order valence-corrected chi connectivity index (χ2v) is 27.7. The maximum Gasteiger partial charge on any atom is 0.472 e. The molecule has 5 atom stereocenters. The van der Waals surface area contributed by atoms with Gasteiger partial charge >= 0.3 is 39.5 Å². The van der Waals surface area contributed by atoms with Crippen LogP contribution in [0.25, 0.3) is 0 Å². The molecule has 3 N–H and O–H groups in total. The lowest BCUT2D eigenvalue weighted by atomic mass is 10.0. The topological polar surface area (TPSA) is 237 Å². The standard InChI is InChI=1S/C77H134O17P2/c1-5-9-13-17-21-25-29-32-34-35-37-40-43-46-50-54-58-62-75(80)87-67-72(93-76(81)63-59-55-51-47-41-28-24-20-16-12-8-4)69-91-95(83,84)89-65-71(78)66-90-96(85,86)92-70-73(94-77(82)64-60-56-52-48-44-38-31-27-23-19-15-11-7-3)68-88-74(79)61-57-53-49-45-42-39-36-33-30-26-22-18-14-10-6-2/h9-10,13-14,21-22,25-26,32-34,36-37,40,42,45,71-73,78H,5-8,11-12,15-20,23-24,27-31,35,38-39,41,43-44,46-70H2,1-4H3,(H,83,84)(H,85,86)/b13-9-,14-10-,25-21-,26-22-,34-32-,36-33-,40-37-,45-42-. The molecule has 0 saturated heterocycles. The Hall–Kier alpha value is -4.02. The van der Waals surface area contributed by atoms with Crippen molar-refractivity contribution < 1.29 is 80.2 Å². The van der Waals surface area contributed by atoms with Gasteiger partial charge in [-0.25, -0.2) is 9.13 Å². The summed E-state index contributed by atoms with van der Waals surface area (Å²) in [7, 11) is -9.95. The van der Waals surface area contributed by atoms with Crippen LogP contribution in [0.1, 0.15) is 310 Å². The molecule has 0 aromatic heterocycles. The van der Waals surface area contributed by atoms with Gasteiger partial charge < -0.3 is 33.8 Å². The molecule has 554 valence electrons. The van der Waals surface area contributed by atoms with E-state index < -0.39 is 97.5 Å². The van der Waals surface area contributed by atoms with Gasteiger partial charge in [0.1, 0.15) is 19.3 Å². The first-order valence-corrected chi connectivity index (χ1v) is 40.5. The highest BCUT2D eigenvalue weighted by molar-refractivity contribution is 7.47. The van der Waals surface area contributed by atoms with Crippen molar-refractivity contribution in [2.45, 2.75) is 329 Å². The minimum Gasteiger partial charge on any atom is -0.462 e. The smallest absolute Gasteiger partial charge is 0.462 e. The summed E-state index contributed by atoms with van der Waals surface area (Å²) in [4.78, 5) is 72.7. The van der Waals surface area contributed by atoms with Crippen molar-refractivity contribution in [3.8, 4) is 0 Å². The number of hydrogen-bond donors (Lipinski definition) is 3. The Morgan fingerprint density at radius 2 is 0.542 bits per heavy atom. The van der Waals surface area contributed by atoms with Crippen LogP contribution < -0.4 is 0 Å². The fourth-order valence-corrected chi connectivity index (χ4v) is 11.5. The highest BCUT2D eigenvalue weighted by Gasteiger charge is 2.30. The molecule has 17 nitrogen and oxygen atoms in total. The van der Waals surface area contributed by atoms with Crippen LogP contribution in [-0.4, -0.2) is 96.7 Å². The minimum atomic E-state index is -4.98. The lowest BCUT2D eigenvalue weighted by molar-refractivity contribution is -0.161. The van der Waals surface area contributed by atoms with Crippen molar-refractivity contribution in [3.63, 3.8) is 0 Å². The fraction of sp³-hybridized carbons (Fsp3) is 0.740. The maximum absolute atomic E-state index is 13.1. The molecular formula is C77H134O17P2. The Labute approximate surface area is 582 Å². The van der Waals surface area contributed by atoms with Crippen molar-refractivity contribution in [2.24, 2.45) is 0 Å². The first kappa shape index (κ1) is 92.0. The summed E-state index contributed by atoms with van der Waals surface area (Å²) in [5.41, 5.74) is 0. The number of esters is 4. The molecule has 0 spiro atoms. The number of rotatable bonds is 70. The summed E-state index contributed by atoms with van der Waals surface area (Å²) < 4.78 is 68.3. The first-order valence-electron chi connectivity index (χ1n) is 37.5. The van der Waals surface area contributed by atoms with Crippen LogP contribution in [0, 0.1) is 0 Å². The molecule has 96 heavy (non-hydrogen) atoms. The molecule has 5 unspecified atom stereocenters. The third-order valence-corrected chi connectivity index (χ3v) is 17.5. The molecule has 0 amide bonds. The number of hydrogen-bond acceptors (Lipinski definition) is 15. The molecule has 0 radical (unpaired) electrons. The molecule has 0 aliphatic rings. The van der Waals surface area contributed by atoms with Gasteiger partial charge in [-0.3, -0.25) is 37.3 Å². The number of ether oxygens (including phenoxy) is 4. The predicted molar refractivity (Wildman–Crippen MR) is 390 cm³/mol. The van der Waals surface area contributed by atoms with E-state index in [4.69, 9.17) is 37.0 Å². The molecule has 0 aromatic rings. The van der Waals surface area contributed by atoms with Gasteiger partial charge in [0, 0.05) is 25.7 Å². The van der Waals surface area contributed by atoms with Crippen molar-refractivity contribution in [1.82, 2.24) is 0 Å². The van der Waals surface area contributed by atoms with E-state index in [9.17, 15) is 43.2 Å². The minimum absolute atomic E-state index is 0.0887. The Bertz CT molecular complexity index is 2200. The molecule has 0 rings (SSSR count). The van der Waals surface area contributed by atoms with E-state index in [0.717, 1.165) is 141 Å². The average molecular weight is 1390 g/mol. The van der Waals surface area contributed by atoms with Gasteiger partial charge in [0.25, 0.3) is 0 Å². The number of carbonyl (C=O) groups is 4. The number of aliphatic hydroxyl groups is 1. The van der Waals surface area contributed by atoms with Crippen molar-refractivity contribution in [3.05, 3.63) is 97.2 Å². The summed E-state index contributed by atoms with van der Waals surface area (Å²) in [5, 5.41) is 10.6. The van der Waals surface area contributed by atoms with Crippen molar-refractivity contribution in [2.75, 3.05) is 39.6 Å². The summed E-state index contributed by atoms with van der Waals surface area (Å²) in [5.74, 6) is -2.23. The van der Waals surface area contributed by atoms with Crippen LogP contribution in [0.2, 0.25) is 0 Å². The van der Waals surface area contributed by atoms with Gasteiger partial charge in [0.2, 0.25) is 0 Å². The average Bonchev–Trinajstić information content (AvgIpc) is 1.13. The van der Waals surface area contributed by atoms with E-state index >= 15 is 0 Å². The van der Waals surface area contributed by atoms with Crippen molar-refractivity contribution >= 4 is 39.5 Å². The SMILES string of the molecule is CC/C=C\C/C=C\C/C=C\C/C=C\CCCCCCC(=O)OCC(COP(=O)(O)OCC(O)COP(=O)(O)OCC(COC(=O)CCCC/C=C\C/C=C\C/C=C\C/C=C\CC)OC(=O)CCCCCCCCCCCCCCC)OC(=O)CCCCCCCCCCCCC. The van der Waals surface area contributed by atoms with Crippen LogP contribution in [0.3, 0.4) is 0 Å². The van der Waals surface area contributed by atoms with Gasteiger partial charge in [-0.05, 0) is 103 Å². The van der Waals surface area contributed by atoms with E-state index in [1.54, 1.807) is 0 Å². The van der Waals surface area contributed by atoms with E-state index in [2.05, 4.69) is 125 Å². The zero-order chi connectivity index (χ0) is 70.4. The second-order valence-electron chi connectivity index (χ2n) is 24.8. The number of allylic oxidation sites excluding steroid dienone is 16. The number of carbonyl (C=O) groups excluding carboxylic acids is 4. The number of phosphoric ester groups is 2. The Morgan fingerprint density at radius 3 is 0.854 bits per heavy atom. The summed E-state index contributed by atoms with van der Waals surface area (Å²) in [6.07, 6.45) is 71.2. The molecule has 0 bridgehead atoms. The highest BCUT2D eigenvalue weighted by atomic mass is 31.2. The Balaban J connectivity index is 5.35. The lowest BCUT2D eigenvalue weighted by Crippen LogP contribution is -2.30. The molecular weight excluding hydrogens is 1260 g/mol. The predicted octanol–water partition coefficient (Wildman–Crippen LogP) is 21.2. The Kier molecular flexibility index (Phi) is 66.6. The van der Waals surface area contributed by atoms with E-state index in [1.807, 2.05) is 0 Å². The normalized spacial score (nSPS) is 14.5. The third kappa shape index (κ3) is 68.5. The van der Waals surface area contributed by atoms with Gasteiger partial charge in [-0.1, -0.05) is 279 Å². The first-order chi connectivity index (χ1) is 46.7. The third-order valence-electron chi connectivity index (χ3n) is 15.6. The molecule has 0 aliphatic heterocycles. The zero-order valence-electron chi connectivity index (χ0n) is 60.3. The molecule has 0 heterocycles. The van der Waals surface area contributed by atoms with Crippen molar-refractivity contribution in [1.29, 1.82) is 0 Å². The molecule has 0 aromatic carbocycles. The van der Waals surface area contributed by atoms with E-state index in [1.165, 1.54) is 89.9 Å². The van der Waals surface area contributed by atoms with Gasteiger partial charge in [0.05, 0.1) is 26.4 Å². The zero-order valence-corrected chi connectivity index (χ0v) is 62.1. The van der Waals surface area contributed by atoms with Crippen LogP contribution in [0.5, 0.6) is 0 Å². The quantitative estimate of drug-likeness (QED) is 0.0169. The molecule has 0 aliphatic carbocycles. The largest absolute Gasteiger partial charge is 0.472 e.